The molecule has 0 saturated carbocycles. The van der Waals surface area contributed by atoms with E-state index in [1.807, 2.05) is 37.4 Å². The summed E-state index contributed by atoms with van der Waals surface area (Å²) in [6, 6.07) is 12.7. The van der Waals surface area contributed by atoms with Gasteiger partial charge in [0.25, 0.3) is 0 Å². The first-order valence-corrected chi connectivity index (χ1v) is 7.30. The van der Waals surface area contributed by atoms with E-state index in [0.29, 0.717) is 0 Å². The van der Waals surface area contributed by atoms with E-state index in [9.17, 15) is 4.39 Å². The lowest BCUT2D eigenvalue weighted by Crippen LogP contribution is -2.18. The Morgan fingerprint density at radius 1 is 1.10 bits per heavy atom. The first-order chi connectivity index (χ1) is 10.2. The maximum atomic E-state index is 12.9. The first-order valence-electron chi connectivity index (χ1n) is 7.30. The summed E-state index contributed by atoms with van der Waals surface area (Å²) in [5.74, 6) is 0.724. The van der Waals surface area contributed by atoms with Crippen LogP contribution in [0.3, 0.4) is 0 Å². The maximum absolute atomic E-state index is 12.9. The molecule has 0 amide bonds. The van der Waals surface area contributed by atoms with Crippen molar-refractivity contribution in [2.45, 2.75) is 26.4 Å². The molecule has 21 heavy (non-hydrogen) atoms. The number of halogens is 1. The Labute approximate surface area is 125 Å². The molecule has 0 fully saturated rings. The molecule has 1 aromatic carbocycles. The molecule has 2 aromatic rings. The minimum Gasteiger partial charge on any atom is -0.370 e. The Hall–Kier alpha value is -1.94. The van der Waals surface area contributed by atoms with Crippen LogP contribution < -0.4 is 5.32 Å². The third-order valence-corrected chi connectivity index (χ3v) is 3.16. The molecule has 0 spiro atoms. The van der Waals surface area contributed by atoms with Crippen LogP contribution in [-0.2, 0) is 13.1 Å². The minimum atomic E-state index is -0.197. The zero-order valence-corrected chi connectivity index (χ0v) is 12.6. The summed E-state index contributed by atoms with van der Waals surface area (Å²) < 4.78 is 12.9. The highest BCUT2D eigenvalue weighted by atomic mass is 19.1. The zero-order chi connectivity index (χ0) is 15.1. The Morgan fingerprint density at radius 3 is 2.57 bits per heavy atom. The van der Waals surface area contributed by atoms with Gasteiger partial charge in [-0.1, -0.05) is 25.1 Å². The number of nitrogens with zero attached hydrogens (tertiary/aromatic N) is 2. The molecule has 1 aromatic heterocycles. The lowest BCUT2D eigenvalue weighted by molar-refractivity contribution is 0.315. The van der Waals surface area contributed by atoms with E-state index >= 15 is 0 Å². The van der Waals surface area contributed by atoms with Gasteiger partial charge < -0.3 is 5.32 Å². The highest BCUT2D eigenvalue weighted by Gasteiger charge is 2.04. The van der Waals surface area contributed by atoms with Crippen LogP contribution in [0, 0.1) is 5.82 Å². The van der Waals surface area contributed by atoms with Crippen molar-refractivity contribution in [1.82, 2.24) is 9.88 Å². The molecule has 0 atom stereocenters. The lowest BCUT2D eigenvalue weighted by atomic mass is 10.2. The highest BCUT2D eigenvalue weighted by Crippen LogP contribution is 2.10. The fraction of sp³-hybridized carbons (Fsp3) is 0.353. The number of anilines is 1. The molecule has 0 aliphatic carbocycles. The summed E-state index contributed by atoms with van der Waals surface area (Å²) in [5, 5.41) is 3.29. The third-order valence-electron chi connectivity index (χ3n) is 3.16. The van der Waals surface area contributed by atoms with Crippen LogP contribution in [0.15, 0.2) is 42.5 Å². The van der Waals surface area contributed by atoms with E-state index in [0.717, 1.165) is 43.1 Å². The number of aromatic nitrogens is 1. The van der Waals surface area contributed by atoms with Crippen LogP contribution in [0.1, 0.15) is 24.6 Å². The SMILES string of the molecule is CCCNc1cccc(CN(C)Cc2ccc(F)cc2)n1. The lowest BCUT2D eigenvalue weighted by Gasteiger charge is -2.17. The van der Waals surface area contributed by atoms with Crippen molar-refractivity contribution in [3.63, 3.8) is 0 Å². The standard InChI is InChI=1S/C17H22FN3/c1-3-11-19-17-6-4-5-16(20-17)13-21(2)12-14-7-9-15(18)10-8-14/h4-10H,3,11-13H2,1-2H3,(H,19,20). The van der Waals surface area contributed by atoms with E-state index in [4.69, 9.17) is 0 Å². The molecule has 0 bridgehead atoms. The smallest absolute Gasteiger partial charge is 0.126 e. The molecule has 2 rings (SSSR count). The van der Waals surface area contributed by atoms with Gasteiger partial charge in [0.05, 0.1) is 5.69 Å². The Bertz CT molecular complexity index is 554. The molecule has 1 heterocycles. The predicted octanol–water partition coefficient (Wildman–Crippen LogP) is 3.67. The summed E-state index contributed by atoms with van der Waals surface area (Å²) in [4.78, 5) is 6.76. The number of benzene rings is 1. The van der Waals surface area contributed by atoms with Gasteiger partial charge in [0.1, 0.15) is 11.6 Å². The first kappa shape index (κ1) is 15.4. The average Bonchev–Trinajstić information content (AvgIpc) is 2.48. The molecule has 0 aliphatic rings. The molecule has 3 nitrogen and oxygen atoms in total. The Morgan fingerprint density at radius 2 is 1.86 bits per heavy atom. The summed E-state index contributed by atoms with van der Waals surface area (Å²) in [5.41, 5.74) is 2.12. The molecule has 0 radical (unpaired) electrons. The van der Waals surface area contributed by atoms with Crippen molar-refractivity contribution in [1.29, 1.82) is 0 Å². The van der Waals surface area contributed by atoms with Crippen LogP contribution >= 0.6 is 0 Å². The topological polar surface area (TPSA) is 28.2 Å². The summed E-state index contributed by atoms with van der Waals surface area (Å²) in [7, 11) is 2.04. The average molecular weight is 287 g/mol. The molecular formula is C17H22FN3. The quantitative estimate of drug-likeness (QED) is 0.842. The van der Waals surface area contributed by atoms with Gasteiger partial charge in [0, 0.05) is 19.6 Å². The summed E-state index contributed by atoms with van der Waals surface area (Å²) >= 11 is 0. The molecular weight excluding hydrogens is 265 g/mol. The number of nitrogens with one attached hydrogen (secondary N) is 1. The molecule has 112 valence electrons. The highest BCUT2D eigenvalue weighted by molar-refractivity contribution is 5.35. The van der Waals surface area contributed by atoms with Crippen molar-refractivity contribution in [2.24, 2.45) is 0 Å². The second kappa shape index (κ2) is 7.74. The summed E-state index contributed by atoms with van der Waals surface area (Å²) in [6.45, 7) is 4.60. The number of rotatable bonds is 7. The number of hydrogen-bond acceptors (Lipinski definition) is 3. The fourth-order valence-corrected chi connectivity index (χ4v) is 2.15. The van der Waals surface area contributed by atoms with Gasteiger partial charge in [-0.2, -0.15) is 0 Å². The largest absolute Gasteiger partial charge is 0.370 e. The number of hydrogen-bond donors (Lipinski definition) is 1. The van der Waals surface area contributed by atoms with Gasteiger partial charge >= 0.3 is 0 Å². The van der Waals surface area contributed by atoms with E-state index in [-0.39, 0.29) is 5.82 Å². The van der Waals surface area contributed by atoms with Crippen molar-refractivity contribution < 1.29 is 4.39 Å². The molecule has 1 N–H and O–H groups in total. The molecule has 0 unspecified atom stereocenters. The third kappa shape index (κ3) is 5.16. The molecule has 0 saturated heterocycles. The van der Waals surface area contributed by atoms with Gasteiger partial charge in [0.2, 0.25) is 0 Å². The molecule has 0 aliphatic heterocycles. The number of pyridine rings is 1. The van der Waals surface area contributed by atoms with E-state index in [1.54, 1.807) is 0 Å². The minimum absolute atomic E-state index is 0.197. The van der Waals surface area contributed by atoms with Gasteiger partial charge in [0.15, 0.2) is 0 Å². The van der Waals surface area contributed by atoms with Crippen molar-refractivity contribution in [3.8, 4) is 0 Å². The second-order valence-electron chi connectivity index (χ2n) is 5.24. The van der Waals surface area contributed by atoms with Crippen molar-refractivity contribution in [2.75, 3.05) is 18.9 Å². The maximum Gasteiger partial charge on any atom is 0.126 e. The van der Waals surface area contributed by atoms with Gasteiger partial charge in [-0.15, -0.1) is 0 Å². The second-order valence-corrected chi connectivity index (χ2v) is 5.24. The van der Waals surface area contributed by atoms with Gasteiger partial charge in [-0.05, 0) is 43.3 Å². The normalized spacial score (nSPS) is 10.9. The monoisotopic (exact) mass is 287 g/mol. The van der Waals surface area contributed by atoms with E-state index in [1.165, 1.54) is 12.1 Å². The van der Waals surface area contributed by atoms with E-state index in [2.05, 4.69) is 22.1 Å². The van der Waals surface area contributed by atoms with Crippen molar-refractivity contribution >= 4 is 5.82 Å². The van der Waals surface area contributed by atoms with Crippen LogP contribution in [0.5, 0.6) is 0 Å². The van der Waals surface area contributed by atoms with E-state index < -0.39 is 0 Å². The summed E-state index contributed by atoms with van der Waals surface area (Å²) in [6.07, 6.45) is 1.08. The zero-order valence-electron chi connectivity index (χ0n) is 12.6. The van der Waals surface area contributed by atoms with Crippen LogP contribution in [0.2, 0.25) is 0 Å². The van der Waals surface area contributed by atoms with Crippen molar-refractivity contribution in [3.05, 3.63) is 59.5 Å². The Kier molecular flexibility index (Phi) is 5.69. The van der Waals surface area contributed by atoms with Gasteiger partial charge in [-0.3, -0.25) is 4.90 Å². The van der Waals surface area contributed by atoms with Crippen LogP contribution in [0.4, 0.5) is 10.2 Å². The Balaban J connectivity index is 1.92. The van der Waals surface area contributed by atoms with Gasteiger partial charge in [-0.25, -0.2) is 9.37 Å². The van der Waals surface area contributed by atoms with Crippen LogP contribution in [0.25, 0.3) is 0 Å². The fourth-order valence-electron chi connectivity index (χ4n) is 2.15. The molecule has 4 heteroatoms. The van der Waals surface area contributed by atoms with Crippen LogP contribution in [-0.4, -0.2) is 23.5 Å². The predicted molar refractivity (Wildman–Crippen MR) is 84.6 cm³/mol.